The van der Waals surface area contributed by atoms with Crippen LogP contribution >= 0.6 is 24.0 Å². The van der Waals surface area contributed by atoms with E-state index in [9.17, 15) is 4.39 Å². The van der Waals surface area contributed by atoms with Gasteiger partial charge < -0.3 is 20.1 Å². The fraction of sp³-hybridized carbons (Fsp3) is 0.350. The molecule has 27 heavy (non-hydrogen) atoms. The number of aliphatic imine (C=N–C) groups is 1. The van der Waals surface area contributed by atoms with Gasteiger partial charge in [0.2, 0.25) is 0 Å². The van der Waals surface area contributed by atoms with Crippen LogP contribution in [0, 0.1) is 5.82 Å². The summed E-state index contributed by atoms with van der Waals surface area (Å²) in [6.07, 6.45) is 0.975. The van der Waals surface area contributed by atoms with E-state index >= 15 is 0 Å². The number of rotatable bonds is 6. The molecule has 146 valence electrons. The summed E-state index contributed by atoms with van der Waals surface area (Å²) < 4.78 is 24.6. The van der Waals surface area contributed by atoms with Crippen LogP contribution < -0.4 is 15.4 Å². The summed E-state index contributed by atoms with van der Waals surface area (Å²) in [5.41, 5.74) is 2.75. The minimum absolute atomic E-state index is 0. The zero-order valence-electron chi connectivity index (χ0n) is 15.5. The van der Waals surface area contributed by atoms with Crippen molar-refractivity contribution in [1.82, 2.24) is 10.6 Å². The minimum Gasteiger partial charge on any atom is -0.488 e. The van der Waals surface area contributed by atoms with Crippen LogP contribution in [0.25, 0.3) is 0 Å². The van der Waals surface area contributed by atoms with Crippen LogP contribution in [-0.2, 0) is 24.3 Å². The zero-order chi connectivity index (χ0) is 18.4. The second kappa shape index (κ2) is 10.5. The van der Waals surface area contributed by atoms with Gasteiger partial charge in [0.05, 0.1) is 13.2 Å². The molecule has 0 fully saturated rings. The highest BCUT2D eigenvalue weighted by atomic mass is 127. The second-order valence-electron chi connectivity index (χ2n) is 6.22. The van der Waals surface area contributed by atoms with Gasteiger partial charge in [-0.3, -0.25) is 4.99 Å². The van der Waals surface area contributed by atoms with Crippen LogP contribution in [0.2, 0.25) is 0 Å². The van der Waals surface area contributed by atoms with Crippen LogP contribution in [-0.4, -0.2) is 32.8 Å². The number of halogens is 2. The van der Waals surface area contributed by atoms with Gasteiger partial charge in [0.1, 0.15) is 17.7 Å². The fourth-order valence-electron chi connectivity index (χ4n) is 2.99. The highest BCUT2D eigenvalue weighted by molar-refractivity contribution is 14.0. The monoisotopic (exact) mass is 485 g/mol. The molecule has 1 atom stereocenters. The van der Waals surface area contributed by atoms with E-state index in [0.717, 1.165) is 17.7 Å². The smallest absolute Gasteiger partial charge is 0.191 e. The molecule has 0 spiro atoms. The molecule has 0 bridgehead atoms. The third-order valence-corrected chi connectivity index (χ3v) is 4.30. The molecular formula is C20H25FIN3O2. The van der Waals surface area contributed by atoms with Crippen molar-refractivity contribution in [2.45, 2.75) is 25.7 Å². The minimum atomic E-state index is -0.254. The van der Waals surface area contributed by atoms with Gasteiger partial charge in [-0.2, -0.15) is 0 Å². The Kier molecular flexibility index (Phi) is 8.30. The lowest BCUT2D eigenvalue weighted by atomic mass is 10.1. The highest BCUT2D eigenvalue weighted by Crippen LogP contribution is 2.27. The number of hydrogen-bond donors (Lipinski definition) is 2. The number of nitrogens with one attached hydrogen (secondary N) is 2. The average Bonchev–Trinajstić information content (AvgIpc) is 3.07. The number of nitrogens with zero attached hydrogens (tertiary/aromatic N) is 1. The maximum absolute atomic E-state index is 13.7. The molecule has 5 nitrogen and oxygen atoms in total. The van der Waals surface area contributed by atoms with Crippen LogP contribution in [0.5, 0.6) is 5.75 Å². The maximum atomic E-state index is 13.7. The Morgan fingerprint density at radius 3 is 2.81 bits per heavy atom. The largest absolute Gasteiger partial charge is 0.488 e. The van der Waals surface area contributed by atoms with Gasteiger partial charge in [-0.1, -0.05) is 24.3 Å². The Morgan fingerprint density at radius 2 is 2.07 bits per heavy atom. The molecule has 1 aliphatic heterocycles. The van der Waals surface area contributed by atoms with Crippen molar-refractivity contribution in [3.05, 3.63) is 65.0 Å². The van der Waals surface area contributed by atoms with Crippen molar-refractivity contribution in [3.8, 4) is 5.75 Å². The number of methoxy groups -OCH3 is 1. The topological polar surface area (TPSA) is 54.9 Å². The molecule has 0 aliphatic carbocycles. The first kappa shape index (κ1) is 21.4. The lowest BCUT2D eigenvalue weighted by Gasteiger charge is -2.16. The summed E-state index contributed by atoms with van der Waals surface area (Å²) in [6, 6.07) is 13.1. The first-order chi connectivity index (χ1) is 12.7. The molecule has 7 heteroatoms. The molecular weight excluding hydrogens is 460 g/mol. The van der Waals surface area contributed by atoms with E-state index < -0.39 is 0 Å². The molecule has 0 amide bonds. The van der Waals surface area contributed by atoms with E-state index in [0.29, 0.717) is 24.6 Å². The average molecular weight is 485 g/mol. The lowest BCUT2D eigenvalue weighted by Crippen LogP contribution is -2.41. The van der Waals surface area contributed by atoms with Crippen molar-refractivity contribution in [2.24, 2.45) is 4.99 Å². The molecule has 0 saturated heterocycles. The number of ether oxygens (including phenoxy) is 2. The van der Waals surface area contributed by atoms with Crippen molar-refractivity contribution in [1.29, 1.82) is 0 Å². The second-order valence-corrected chi connectivity index (χ2v) is 6.22. The molecule has 2 aromatic rings. The summed E-state index contributed by atoms with van der Waals surface area (Å²) in [7, 11) is 3.28. The summed E-state index contributed by atoms with van der Waals surface area (Å²) in [5, 5.41) is 6.52. The van der Waals surface area contributed by atoms with E-state index in [-0.39, 0.29) is 42.5 Å². The third kappa shape index (κ3) is 5.80. The Bertz CT molecular complexity index is 761. The van der Waals surface area contributed by atoms with E-state index in [1.165, 1.54) is 11.6 Å². The standard InChI is InChI=1S/C20H24FN3O2.HI/c1-22-20(23-11-14-7-8-18(21)16(9-14)13-25-2)24-12-17-10-15-5-3-4-6-19(15)26-17;/h3-9,17H,10-13H2,1-2H3,(H2,22,23,24);1H. The Morgan fingerprint density at radius 1 is 1.26 bits per heavy atom. The molecule has 1 aliphatic rings. The van der Waals surface area contributed by atoms with Crippen molar-refractivity contribution in [2.75, 3.05) is 20.7 Å². The SMILES string of the molecule is CN=C(NCc1ccc(F)c(COC)c1)NCC1Cc2ccccc2O1.I. The molecule has 1 unspecified atom stereocenters. The van der Waals surface area contributed by atoms with Crippen molar-refractivity contribution >= 4 is 29.9 Å². The van der Waals surface area contributed by atoms with E-state index in [1.807, 2.05) is 18.2 Å². The molecule has 0 aromatic heterocycles. The number of hydrogen-bond acceptors (Lipinski definition) is 3. The van der Waals surface area contributed by atoms with Crippen LogP contribution in [0.4, 0.5) is 4.39 Å². The summed E-state index contributed by atoms with van der Waals surface area (Å²) in [5.74, 6) is 1.39. The number of fused-ring (bicyclic) bond motifs is 1. The molecule has 1 heterocycles. The van der Waals surface area contributed by atoms with Gasteiger partial charge in [0, 0.05) is 32.7 Å². The summed E-state index contributed by atoms with van der Waals surface area (Å²) in [6.45, 7) is 1.46. The summed E-state index contributed by atoms with van der Waals surface area (Å²) >= 11 is 0. The normalized spacial score (nSPS) is 15.5. The number of para-hydroxylation sites is 1. The van der Waals surface area contributed by atoms with E-state index in [2.05, 4.69) is 21.7 Å². The Labute approximate surface area is 176 Å². The maximum Gasteiger partial charge on any atom is 0.191 e. The van der Waals surface area contributed by atoms with E-state index in [4.69, 9.17) is 9.47 Å². The van der Waals surface area contributed by atoms with Crippen LogP contribution in [0.1, 0.15) is 16.7 Å². The van der Waals surface area contributed by atoms with Crippen LogP contribution in [0.3, 0.4) is 0 Å². The van der Waals surface area contributed by atoms with Gasteiger partial charge in [-0.15, -0.1) is 24.0 Å². The fourth-order valence-corrected chi connectivity index (χ4v) is 2.99. The molecule has 2 aromatic carbocycles. The quantitative estimate of drug-likeness (QED) is 0.375. The molecule has 0 saturated carbocycles. The van der Waals surface area contributed by atoms with Gasteiger partial charge in [0.15, 0.2) is 5.96 Å². The predicted octanol–water partition coefficient (Wildman–Crippen LogP) is 3.26. The van der Waals surface area contributed by atoms with Gasteiger partial charge in [-0.25, -0.2) is 4.39 Å². The van der Waals surface area contributed by atoms with Gasteiger partial charge in [-0.05, 0) is 29.3 Å². The number of guanidine groups is 1. The molecule has 0 radical (unpaired) electrons. The van der Waals surface area contributed by atoms with Crippen LogP contribution in [0.15, 0.2) is 47.5 Å². The summed E-state index contributed by atoms with van der Waals surface area (Å²) in [4.78, 5) is 4.23. The van der Waals surface area contributed by atoms with Gasteiger partial charge in [0.25, 0.3) is 0 Å². The van der Waals surface area contributed by atoms with Gasteiger partial charge >= 0.3 is 0 Å². The molecule has 2 N–H and O–H groups in total. The zero-order valence-corrected chi connectivity index (χ0v) is 17.8. The van der Waals surface area contributed by atoms with E-state index in [1.54, 1.807) is 26.3 Å². The number of benzene rings is 2. The van der Waals surface area contributed by atoms with Crippen molar-refractivity contribution < 1.29 is 13.9 Å². The Balaban J connectivity index is 0.00000261. The van der Waals surface area contributed by atoms with Crippen molar-refractivity contribution in [3.63, 3.8) is 0 Å². The first-order valence-electron chi connectivity index (χ1n) is 8.65. The predicted molar refractivity (Wildman–Crippen MR) is 115 cm³/mol. The lowest BCUT2D eigenvalue weighted by molar-refractivity contribution is 0.181. The first-order valence-corrected chi connectivity index (χ1v) is 8.65. The highest BCUT2D eigenvalue weighted by Gasteiger charge is 2.22. The molecule has 3 rings (SSSR count). The third-order valence-electron chi connectivity index (χ3n) is 4.30. The Hall–Kier alpha value is -1.87.